The van der Waals surface area contributed by atoms with Crippen molar-refractivity contribution in [3.8, 4) is 5.75 Å². The van der Waals surface area contributed by atoms with Crippen molar-refractivity contribution in [1.29, 1.82) is 0 Å². The van der Waals surface area contributed by atoms with Crippen LogP contribution < -0.4 is 6.15 Å². The van der Waals surface area contributed by atoms with Crippen LogP contribution in [0, 0.1) is 17.3 Å². The molecule has 0 radical (unpaired) electrons. The maximum absolute atomic E-state index is 12.3. The minimum Gasteiger partial charge on any atom is -0.508 e. The zero-order valence-corrected chi connectivity index (χ0v) is 15.7. The molecule has 0 amide bonds. The van der Waals surface area contributed by atoms with Crippen molar-refractivity contribution < 1.29 is 27.4 Å². The first kappa shape index (κ1) is 20.8. The fourth-order valence-corrected chi connectivity index (χ4v) is 5.34. The molecule has 0 aliphatic heterocycles. The Balaban J connectivity index is 0.000000362. The summed E-state index contributed by atoms with van der Waals surface area (Å²) in [6.07, 6.45) is 6.34. The van der Waals surface area contributed by atoms with Crippen molar-refractivity contribution >= 4 is 16.2 Å². The summed E-state index contributed by atoms with van der Waals surface area (Å²) in [5.74, 6) is 2.78. The van der Waals surface area contributed by atoms with Crippen LogP contribution in [0.3, 0.4) is 0 Å². The summed E-state index contributed by atoms with van der Waals surface area (Å²) in [6, 6.07) is 5.90. The van der Waals surface area contributed by atoms with E-state index in [-0.39, 0.29) is 11.6 Å². The highest BCUT2D eigenvalue weighted by atomic mass is 32.3. The monoisotopic (exact) mass is 385 g/mol. The molecule has 1 aromatic rings. The van der Waals surface area contributed by atoms with E-state index in [1.165, 1.54) is 17.5 Å². The zero-order chi connectivity index (χ0) is 18.4. The number of fused-ring (bicyclic) bond motifs is 5. The number of hydrogen-bond acceptors (Lipinski definition) is 5. The summed E-state index contributed by atoms with van der Waals surface area (Å²) in [4.78, 5) is 12.3. The number of Topliss-reactive ketones (excluding diaryl/α,β-unsaturated/α-hetero) is 1. The van der Waals surface area contributed by atoms with E-state index in [4.69, 9.17) is 17.5 Å². The molecule has 26 heavy (non-hydrogen) atoms. The standard InChI is InChI=1S/C18H22O2.H3N.H2O4S/c1-18-9-8-14-13-5-3-12(19)10-11(13)2-4-15(14)16(18)6-7-17(18)20;;1-5(2,3)4/h3,5,10,14-16,19H,2,4,6-9H2,1H3;1H3;(H2,1,2,3,4)/t14-,15-,16+,18+;;/m1../s1. The number of aryl methyl sites for hydroxylation is 1. The molecule has 2 saturated carbocycles. The van der Waals surface area contributed by atoms with Gasteiger partial charge >= 0.3 is 10.4 Å². The molecule has 3 aliphatic carbocycles. The highest BCUT2D eigenvalue weighted by molar-refractivity contribution is 7.79. The molecule has 7 nitrogen and oxygen atoms in total. The van der Waals surface area contributed by atoms with Crippen LogP contribution in [0.5, 0.6) is 5.75 Å². The van der Waals surface area contributed by atoms with Crippen LogP contribution in [-0.2, 0) is 21.6 Å². The van der Waals surface area contributed by atoms with Crippen molar-refractivity contribution in [2.75, 3.05) is 0 Å². The van der Waals surface area contributed by atoms with Crippen LogP contribution in [0.1, 0.15) is 56.1 Å². The van der Waals surface area contributed by atoms with Crippen molar-refractivity contribution in [3.05, 3.63) is 29.3 Å². The number of rotatable bonds is 0. The predicted octanol–water partition coefficient (Wildman–Crippen LogP) is 3.33. The van der Waals surface area contributed by atoms with Crippen molar-refractivity contribution in [2.45, 2.75) is 51.4 Å². The maximum atomic E-state index is 12.3. The zero-order valence-electron chi connectivity index (χ0n) is 14.9. The summed E-state index contributed by atoms with van der Waals surface area (Å²) < 4.78 is 31.6. The number of carbonyl (C=O) groups is 1. The average Bonchev–Trinajstić information content (AvgIpc) is 2.81. The molecule has 4 atom stereocenters. The molecule has 1 aromatic carbocycles. The first-order valence-electron chi connectivity index (χ1n) is 8.64. The van der Waals surface area contributed by atoms with Crippen LogP contribution in [0.25, 0.3) is 0 Å². The molecule has 8 heteroatoms. The van der Waals surface area contributed by atoms with Gasteiger partial charge in [0.15, 0.2) is 0 Å². The van der Waals surface area contributed by atoms with E-state index in [0.29, 0.717) is 29.3 Å². The molecular weight excluding hydrogens is 358 g/mol. The smallest absolute Gasteiger partial charge is 0.394 e. The fourth-order valence-electron chi connectivity index (χ4n) is 5.34. The first-order chi connectivity index (χ1) is 11.6. The first-order valence-corrected chi connectivity index (χ1v) is 10.0. The van der Waals surface area contributed by atoms with Gasteiger partial charge < -0.3 is 11.3 Å². The number of benzene rings is 1. The molecule has 0 spiro atoms. The number of carbonyl (C=O) groups excluding carboxylic acids is 1. The van der Waals surface area contributed by atoms with E-state index in [2.05, 4.69) is 13.0 Å². The van der Waals surface area contributed by atoms with Gasteiger partial charge in [-0.2, -0.15) is 8.42 Å². The van der Waals surface area contributed by atoms with Gasteiger partial charge in [-0.15, -0.1) is 0 Å². The molecule has 0 saturated heterocycles. The molecule has 4 rings (SSSR count). The molecule has 6 N–H and O–H groups in total. The Labute approximate surface area is 154 Å². The number of hydrogen-bond donors (Lipinski definition) is 4. The molecule has 2 fully saturated rings. The lowest BCUT2D eigenvalue weighted by molar-refractivity contribution is -0.129. The Morgan fingerprint density at radius 1 is 1.12 bits per heavy atom. The van der Waals surface area contributed by atoms with Gasteiger partial charge in [-0.25, -0.2) is 0 Å². The van der Waals surface area contributed by atoms with Crippen LogP contribution in [0.15, 0.2) is 18.2 Å². The Bertz CT molecular complexity index is 785. The Morgan fingerprint density at radius 3 is 2.42 bits per heavy atom. The third-order valence-electron chi connectivity index (χ3n) is 6.42. The summed E-state index contributed by atoms with van der Waals surface area (Å²) in [7, 11) is -4.67. The normalized spacial score (nSPS) is 32.3. The molecule has 146 valence electrons. The minimum absolute atomic E-state index is 0. The van der Waals surface area contributed by atoms with E-state index < -0.39 is 10.4 Å². The van der Waals surface area contributed by atoms with E-state index in [1.54, 1.807) is 0 Å². The van der Waals surface area contributed by atoms with Gasteiger partial charge in [-0.3, -0.25) is 13.9 Å². The van der Waals surface area contributed by atoms with Crippen LogP contribution in [0.4, 0.5) is 0 Å². The highest BCUT2D eigenvalue weighted by Gasteiger charge is 2.54. The molecule has 0 unspecified atom stereocenters. The second-order valence-corrected chi connectivity index (χ2v) is 8.56. The largest absolute Gasteiger partial charge is 0.508 e. The van der Waals surface area contributed by atoms with Gasteiger partial charge in [-0.05, 0) is 73.1 Å². The van der Waals surface area contributed by atoms with Crippen molar-refractivity contribution in [1.82, 2.24) is 6.15 Å². The Hall–Kier alpha value is -1.48. The quantitative estimate of drug-likeness (QED) is 0.501. The van der Waals surface area contributed by atoms with Crippen molar-refractivity contribution in [2.24, 2.45) is 17.3 Å². The van der Waals surface area contributed by atoms with Crippen LogP contribution >= 0.6 is 0 Å². The van der Waals surface area contributed by atoms with E-state index in [1.807, 2.05) is 12.1 Å². The molecule has 0 aromatic heterocycles. The van der Waals surface area contributed by atoms with E-state index in [0.717, 1.165) is 32.1 Å². The van der Waals surface area contributed by atoms with E-state index >= 15 is 0 Å². The average molecular weight is 385 g/mol. The molecule has 3 aliphatic rings. The summed E-state index contributed by atoms with van der Waals surface area (Å²) in [5.41, 5.74) is 2.75. The number of phenols is 1. The summed E-state index contributed by atoms with van der Waals surface area (Å²) in [5, 5.41) is 9.67. The Morgan fingerprint density at radius 2 is 1.77 bits per heavy atom. The number of ketones is 1. The van der Waals surface area contributed by atoms with Gasteiger partial charge in [0.05, 0.1) is 0 Å². The fraction of sp³-hybridized carbons (Fsp3) is 0.611. The van der Waals surface area contributed by atoms with Gasteiger partial charge in [0.25, 0.3) is 0 Å². The van der Waals surface area contributed by atoms with Gasteiger partial charge in [0.2, 0.25) is 0 Å². The summed E-state index contributed by atoms with van der Waals surface area (Å²) >= 11 is 0. The third-order valence-corrected chi connectivity index (χ3v) is 6.42. The second-order valence-electron chi connectivity index (χ2n) is 7.66. The molecule has 0 heterocycles. The maximum Gasteiger partial charge on any atom is 0.394 e. The summed E-state index contributed by atoms with van der Waals surface area (Å²) in [6.45, 7) is 2.22. The van der Waals surface area contributed by atoms with Gasteiger partial charge in [-0.1, -0.05) is 13.0 Å². The van der Waals surface area contributed by atoms with Gasteiger partial charge in [0.1, 0.15) is 11.5 Å². The number of phenolic OH excluding ortho intramolecular Hbond substituents is 1. The highest BCUT2D eigenvalue weighted by Crippen LogP contribution is 2.59. The van der Waals surface area contributed by atoms with E-state index in [9.17, 15) is 9.90 Å². The third kappa shape index (κ3) is 3.93. The SMILES string of the molecule is C[C@]12CC[C@@H]3c4ccc(O)cc4CC[C@H]3[C@@H]1CCC2=O.N.O=S(=O)(O)O. The van der Waals surface area contributed by atoms with Crippen molar-refractivity contribution in [3.63, 3.8) is 0 Å². The lowest BCUT2D eigenvalue weighted by atomic mass is 9.55. The lowest BCUT2D eigenvalue weighted by Gasteiger charge is -2.48. The van der Waals surface area contributed by atoms with Crippen LogP contribution in [0.2, 0.25) is 0 Å². The lowest BCUT2D eigenvalue weighted by Crippen LogP contribution is -2.42. The Kier molecular flexibility index (Phi) is 5.82. The number of aromatic hydroxyl groups is 1. The van der Waals surface area contributed by atoms with Crippen LogP contribution in [-0.4, -0.2) is 28.4 Å². The van der Waals surface area contributed by atoms with Gasteiger partial charge in [0, 0.05) is 11.8 Å². The predicted molar refractivity (Wildman–Crippen MR) is 96.9 cm³/mol. The minimum atomic E-state index is -4.67. The topological polar surface area (TPSA) is 147 Å². The second kappa shape index (κ2) is 7.26. The molecular formula is C18H27NO6S. The molecule has 0 bridgehead atoms.